The third-order valence-corrected chi connectivity index (χ3v) is 6.15. The van der Waals surface area contributed by atoms with Gasteiger partial charge in [0.2, 0.25) is 10.0 Å². The third-order valence-electron chi connectivity index (χ3n) is 4.16. The van der Waals surface area contributed by atoms with Crippen LogP contribution in [-0.4, -0.2) is 46.5 Å². The second-order valence-electron chi connectivity index (χ2n) is 6.34. The standard InChI is InChI=1S/C20H28N2O4S/c1-6-22(10-9-21-4)27(23,24)20-14-17(25-5)7-8-19(20)26-18-12-15(2)11-16(3)13-18/h7-8,11-14,21H,6,9-10H2,1-5H3. The number of hydrogen-bond donors (Lipinski definition) is 1. The Morgan fingerprint density at radius 2 is 1.70 bits per heavy atom. The van der Waals surface area contributed by atoms with Crippen LogP contribution < -0.4 is 14.8 Å². The number of aryl methyl sites for hydroxylation is 2. The molecular formula is C20H28N2O4S. The Kier molecular flexibility index (Phi) is 7.24. The van der Waals surface area contributed by atoms with Crippen molar-refractivity contribution >= 4 is 10.0 Å². The van der Waals surface area contributed by atoms with Gasteiger partial charge in [-0.1, -0.05) is 13.0 Å². The Morgan fingerprint density at radius 1 is 1.04 bits per heavy atom. The molecule has 0 aromatic heterocycles. The fraction of sp³-hybridized carbons (Fsp3) is 0.400. The molecule has 1 N–H and O–H groups in total. The van der Waals surface area contributed by atoms with Gasteiger partial charge in [-0.3, -0.25) is 0 Å². The van der Waals surface area contributed by atoms with Crippen LogP contribution in [0.5, 0.6) is 17.2 Å². The number of likely N-dealkylation sites (N-methyl/N-ethyl adjacent to an activating group) is 2. The zero-order valence-corrected chi connectivity index (χ0v) is 17.4. The van der Waals surface area contributed by atoms with Crippen molar-refractivity contribution in [2.75, 3.05) is 33.8 Å². The van der Waals surface area contributed by atoms with Crippen LogP contribution in [0.2, 0.25) is 0 Å². The van der Waals surface area contributed by atoms with Crippen LogP contribution >= 0.6 is 0 Å². The van der Waals surface area contributed by atoms with Crippen LogP contribution in [-0.2, 0) is 10.0 Å². The van der Waals surface area contributed by atoms with Gasteiger partial charge in [0.15, 0.2) is 0 Å². The highest BCUT2D eigenvalue weighted by atomic mass is 32.2. The maximum absolute atomic E-state index is 13.2. The van der Waals surface area contributed by atoms with Crippen molar-refractivity contribution in [1.29, 1.82) is 0 Å². The van der Waals surface area contributed by atoms with Gasteiger partial charge in [0, 0.05) is 25.7 Å². The van der Waals surface area contributed by atoms with Crippen LogP contribution in [0.1, 0.15) is 18.1 Å². The fourth-order valence-corrected chi connectivity index (χ4v) is 4.42. The van der Waals surface area contributed by atoms with Gasteiger partial charge in [-0.2, -0.15) is 4.31 Å². The van der Waals surface area contributed by atoms with Gasteiger partial charge in [-0.25, -0.2) is 8.42 Å². The van der Waals surface area contributed by atoms with Crippen molar-refractivity contribution in [3.05, 3.63) is 47.5 Å². The summed E-state index contributed by atoms with van der Waals surface area (Å²) in [7, 11) is -0.438. The molecule has 0 bridgehead atoms. The summed E-state index contributed by atoms with van der Waals surface area (Å²) in [5.74, 6) is 1.35. The molecule has 0 radical (unpaired) electrons. The number of nitrogens with zero attached hydrogens (tertiary/aromatic N) is 1. The van der Waals surface area contributed by atoms with Crippen molar-refractivity contribution < 1.29 is 17.9 Å². The Bertz CT molecular complexity index is 861. The summed E-state index contributed by atoms with van der Waals surface area (Å²) < 4.78 is 39.1. The minimum absolute atomic E-state index is 0.0963. The van der Waals surface area contributed by atoms with E-state index >= 15 is 0 Å². The van der Waals surface area contributed by atoms with Crippen LogP contribution in [0.3, 0.4) is 0 Å². The lowest BCUT2D eigenvalue weighted by atomic mass is 10.1. The molecule has 0 spiro atoms. The summed E-state index contributed by atoms with van der Waals surface area (Å²) in [4.78, 5) is 0.0963. The first kappa shape index (κ1) is 21.2. The molecule has 0 heterocycles. The average Bonchev–Trinajstić information content (AvgIpc) is 2.61. The number of ether oxygens (including phenoxy) is 2. The molecule has 0 aliphatic carbocycles. The second kappa shape index (κ2) is 9.21. The highest BCUT2D eigenvalue weighted by Gasteiger charge is 2.27. The molecule has 0 atom stereocenters. The van der Waals surface area contributed by atoms with E-state index in [4.69, 9.17) is 9.47 Å². The van der Waals surface area contributed by atoms with Crippen molar-refractivity contribution in [3.63, 3.8) is 0 Å². The van der Waals surface area contributed by atoms with Gasteiger partial charge in [0.1, 0.15) is 22.1 Å². The molecule has 27 heavy (non-hydrogen) atoms. The molecule has 2 rings (SSSR count). The number of sulfonamides is 1. The van der Waals surface area contributed by atoms with E-state index in [9.17, 15) is 8.42 Å². The van der Waals surface area contributed by atoms with E-state index in [2.05, 4.69) is 5.32 Å². The zero-order chi connectivity index (χ0) is 20.0. The first-order chi connectivity index (χ1) is 12.8. The number of nitrogens with one attached hydrogen (secondary N) is 1. The van der Waals surface area contributed by atoms with Crippen molar-refractivity contribution in [2.45, 2.75) is 25.7 Å². The van der Waals surface area contributed by atoms with E-state index in [0.717, 1.165) is 11.1 Å². The van der Waals surface area contributed by atoms with Crippen molar-refractivity contribution in [1.82, 2.24) is 9.62 Å². The molecule has 2 aromatic rings. The first-order valence-electron chi connectivity index (χ1n) is 8.90. The van der Waals surface area contributed by atoms with Crippen molar-refractivity contribution in [2.24, 2.45) is 0 Å². The molecule has 7 heteroatoms. The summed E-state index contributed by atoms with van der Waals surface area (Å²) in [6.07, 6.45) is 0. The Balaban J connectivity index is 2.50. The fourth-order valence-electron chi connectivity index (χ4n) is 2.84. The summed E-state index contributed by atoms with van der Waals surface area (Å²) in [5.41, 5.74) is 2.10. The third kappa shape index (κ3) is 5.22. The van der Waals surface area contributed by atoms with E-state index in [1.165, 1.54) is 17.5 Å². The van der Waals surface area contributed by atoms with Crippen molar-refractivity contribution in [3.8, 4) is 17.2 Å². The molecule has 0 aliphatic heterocycles. The van der Waals surface area contributed by atoms with Gasteiger partial charge >= 0.3 is 0 Å². The molecule has 0 amide bonds. The number of methoxy groups -OCH3 is 1. The minimum atomic E-state index is -3.74. The highest BCUT2D eigenvalue weighted by Crippen LogP contribution is 2.34. The average molecular weight is 393 g/mol. The largest absolute Gasteiger partial charge is 0.497 e. The number of hydrogen-bond acceptors (Lipinski definition) is 5. The maximum Gasteiger partial charge on any atom is 0.246 e. The summed E-state index contributed by atoms with van der Waals surface area (Å²) >= 11 is 0. The lowest BCUT2D eigenvalue weighted by molar-refractivity contribution is 0.403. The molecular weight excluding hydrogens is 364 g/mol. The SMILES string of the molecule is CCN(CCNC)S(=O)(=O)c1cc(OC)ccc1Oc1cc(C)cc(C)c1. The number of benzene rings is 2. The topological polar surface area (TPSA) is 67.9 Å². The van der Waals surface area contributed by atoms with E-state index in [1.807, 2.05) is 39.0 Å². The smallest absolute Gasteiger partial charge is 0.246 e. The summed E-state index contributed by atoms with van der Waals surface area (Å²) in [6, 6.07) is 10.6. The molecule has 6 nitrogen and oxygen atoms in total. The molecule has 2 aromatic carbocycles. The normalized spacial score (nSPS) is 11.6. The van der Waals surface area contributed by atoms with Gasteiger partial charge in [-0.05, 0) is 56.3 Å². The zero-order valence-electron chi connectivity index (χ0n) is 16.6. The molecule has 148 valence electrons. The lowest BCUT2D eigenvalue weighted by Crippen LogP contribution is -2.36. The predicted octanol–water partition coefficient (Wildman–Crippen LogP) is 3.33. The summed E-state index contributed by atoms with van der Waals surface area (Å²) in [5, 5.41) is 2.98. The van der Waals surface area contributed by atoms with Crippen LogP contribution in [0.25, 0.3) is 0 Å². The predicted molar refractivity (Wildman–Crippen MR) is 107 cm³/mol. The maximum atomic E-state index is 13.2. The van der Waals surface area contributed by atoms with Gasteiger partial charge < -0.3 is 14.8 Å². The minimum Gasteiger partial charge on any atom is -0.497 e. The van der Waals surface area contributed by atoms with E-state index < -0.39 is 10.0 Å². The van der Waals surface area contributed by atoms with Gasteiger partial charge in [0.05, 0.1) is 7.11 Å². The van der Waals surface area contributed by atoms with Crippen LogP contribution in [0.4, 0.5) is 0 Å². The van der Waals surface area contributed by atoms with Gasteiger partial charge in [-0.15, -0.1) is 0 Å². The molecule has 0 unspecified atom stereocenters. The summed E-state index contributed by atoms with van der Waals surface area (Å²) in [6.45, 7) is 7.06. The molecule has 0 aliphatic rings. The highest BCUT2D eigenvalue weighted by molar-refractivity contribution is 7.89. The van der Waals surface area contributed by atoms with E-state index in [0.29, 0.717) is 31.1 Å². The Labute approximate surface area is 162 Å². The number of rotatable bonds is 9. The molecule has 0 saturated heterocycles. The molecule has 0 saturated carbocycles. The van der Waals surface area contributed by atoms with Gasteiger partial charge in [0.25, 0.3) is 0 Å². The molecule has 0 fully saturated rings. The quantitative estimate of drug-likeness (QED) is 0.709. The van der Waals surface area contributed by atoms with Crippen LogP contribution in [0, 0.1) is 13.8 Å². The monoisotopic (exact) mass is 392 g/mol. The first-order valence-corrected chi connectivity index (χ1v) is 10.3. The Morgan fingerprint density at radius 3 is 2.26 bits per heavy atom. The second-order valence-corrected chi connectivity index (χ2v) is 8.24. The Hall–Kier alpha value is -2.09. The van der Waals surface area contributed by atoms with E-state index in [1.54, 1.807) is 19.2 Å². The van der Waals surface area contributed by atoms with Crippen LogP contribution in [0.15, 0.2) is 41.3 Å². The van der Waals surface area contributed by atoms with E-state index in [-0.39, 0.29) is 10.6 Å². The lowest BCUT2D eigenvalue weighted by Gasteiger charge is -2.22.